The van der Waals surface area contributed by atoms with Crippen LogP contribution in [-0.4, -0.2) is 17.5 Å². The van der Waals surface area contributed by atoms with Crippen molar-refractivity contribution in [3.63, 3.8) is 0 Å². The number of aromatic nitrogens is 1. The van der Waals surface area contributed by atoms with Crippen LogP contribution in [0.3, 0.4) is 0 Å². The summed E-state index contributed by atoms with van der Waals surface area (Å²) in [6.07, 6.45) is 1.02. The lowest BCUT2D eigenvalue weighted by Gasteiger charge is -2.12. The number of nitrogens with one attached hydrogen (secondary N) is 1. The zero-order valence-electron chi connectivity index (χ0n) is 15.1. The summed E-state index contributed by atoms with van der Waals surface area (Å²) in [5.74, 6) is 1.27. The van der Waals surface area contributed by atoms with E-state index < -0.39 is 0 Å². The molecule has 0 bridgehead atoms. The van der Waals surface area contributed by atoms with Crippen molar-refractivity contribution in [2.24, 2.45) is 5.92 Å². The van der Waals surface area contributed by atoms with E-state index in [1.807, 2.05) is 39.0 Å². The molecule has 1 N–H and O–H groups in total. The van der Waals surface area contributed by atoms with E-state index in [9.17, 15) is 4.79 Å². The Morgan fingerprint density at radius 1 is 1.17 bits per heavy atom. The summed E-state index contributed by atoms with van der Waals surface area (Å²) in [4.78, 5) is 16.8. The van der Waals surface area contributed by atoms with Gasteiger partial charge in [-0.15, -0.1) is 0 Å². The van der Waals surface area contributed by atoms with Crippen molar-refractivity contribution in [3.8, 4) is 5.75 Å². The van der Waals surface area contributed by atoms with Gasteiger partial charge in [-0.25, -0.2) is 0 Å². The van der Waals surface area contributed by atoms with Crippen LogP contribution in [0, 0.1) is 26.7 Å². The summed E-state index contributed by atoms with van der Waals surface area (Å²) in [6, 6.07) is 9.21. The highest BCUT2D eigenvalue weighted by atomic mass is 16.5. The molecule has 0 aliphatic rings. The monoisotopic (exact) mass is 326 g/mol. The van der Waals surface area contributed by atoms with E-state index in [4.69, 9.17) is 4.74 Å². The predicted octanol–water partition coefficient (Wildman–Crippen LogP) is 4.68. The molecule has 0 saturated heterocycles. The SMILES string of the molecule is Cc1cc(C)c(NC(=O)c2ccc(OCCC(C)C)cc2)c(C)n1. The lowest BCUT2D eigenvalue weighted by Crippen LogP contribution is -2.14. The number of nitrogens with zero attached hydrogens (tertiary/aromatic N) is 1. The molecule has 1 amide bonds. The summed E-state index contributed by atoms with van der Waals surface area (Å²) >= 11 is 0. The number of hydrogen-bond donors (Lipinski definition) is 1. The molecule has 2 rings (SSSR count). The number of aryl methyl sites for hydroxylation is 3. The van der Waals surface area contributed by atoms with Gasteiger partial charge < -0.3 is 10.1 Å². The highest BCUT2D eigenvalue weighted by molar-refractivity contribution is 6.05. The molecule has 2 aromatic rings. The number of benzene rings is 1. The highest BCUT2D eigenvalue weighted by Crippen LogP contribution is 2.21. The fraction of sp³-hybridized carbons (Fsp3) is 0.400. The Bertz CT molecular complexity index is 683. The molecular weight excluding hydrogens is 300 g/mol. The molecule has 1 aromatic carbocycles. The average Bonchev–Trinajstić information content (AvgIpc) is 2.51. The maximum Gasteiger partial charge on any atom is 0.255 e. The first-order chi connectivity index (χ1) is 11.4. The van der Waals surface area contributed by atoms with Gasteiger partial charge in [-0.3, -0.25) is 9.78 Å². The van der Waals surface area contributed by atoms with Gasteiger partial charge in [0.25, 0.3) is 5.91 Å². The third-order valence-corrected chi connectivity index (χ3v) is 3.84. The molecule has 4 heteroatoms. The van der Waals surface area contributed by atoms with Crippen molar-refractivity contribution < 1.29 is 9.53 Å². The standard InChI is InChI=1S/C20H26N2O2/c1-13(2)10-11-24-18-8-6-17(7-9-18)20(23)22-19-14(3)12-15(4)21-16(19)5/h6-9,12-13H,10-11H2,1-5H3,(H,22,23). The van der Waals surface area contributed by atoms with E-state index in [0.29, 0.717) is 18.1 Å². The number of anilines is 1. The lowest BCUT2D eigenvalue weighted by molar-refractivity contribution is 0.102. The normalized spacial score (nSPS) is 10.8. The molecule has 128 valence electrons. The van der Waals surface area contributed by atoms with E-state index in [0.717, 1.165) is 34.8 Å². The molecule has 1 aromatic heterocycles. The minimum absolute atomic E-state index is 0.138. The number of rotatable bonds is 6. The summed E-state index contributed by atoms with van der Waals surface area (Å²) in [6.45, 7) is 10.9. The summed E-state index contributed by atoms with van der Waals surface area (Å²) in [5.41, 5.74) is 4.18. The molecule has 0 unspecified atom stereocenters. The molecule has 1 heterocycles. The van der Waals surface area contributed by atoms with Crippen molar-refractivity contribution in [1.29, 1.82) is 0 Å². The maximum atomic E-state index is 12.4. The van der Waals surface area contributed by atoms with Crippen molar-refractivity contribution in [2.45, 2.75) is 41.0 Å². The first-order valence-corrected chi connectivity index (χ1v) is 8.36. The zero-order chi connectivity index (χ0) is 17.7. The molecule has 0 radical (unpaired) electrons. The second-order valence-electron chi connectivity index (χ2n) is 6.55. The van der Waals surface area contributed by atoms with Gasteiger partial charge in [-0.1, -0.05) is 13.8 Å². The molecule has 4 nitrogen and oxygen atoms in total. The molecule has 0 aliphatic heterocycles. The first-order valence-electron chi connectivity index (χ1n) is 8.36. The number of ether oxygens (including phenoxy) is 1. The summed E-state index contributed by atoms with van der Waals surface area (Å²) in [7, 11) is 0. The second-order valence-corrected chi connectivity index (χ2v) is 6.55. The van der Waals surface area contributed by atoms with Crippen LogP contribution < -0.4 is 10.1 Å². The summed E-state index contributed by atoms with van der Waals surface area (Å²) < 4.78 is 5.68. The van der Waals surface area contributed by atoms with Gasteiger partial charge in [-0.2, -0.15) is 0 Å². The quantitative estimate of drug-likeness (QED) is 0.838. The number of carbonyl (C=O) groups excluding carboxylic acids is 1. The third kappa shape index (κ3) is 4.82. The van der Waals surface area contributed by atoms with Crippen molar-refractivity contribution in [2.75, 3.05) is 11.9 Å². The fourth-order valence-electron chi connectivity index (χ4n) is 2.51. The van der Waals surface area contributed by atoms with Gasteiger partial charge in [0.05, 0.1) is 18.0 Å². The summed E-state index contributed by atoms with van der Waals surface area (Å²) in [5, 5.41) is 2.96. The molecule has 0 spiro atoms. The topological polar surface area (TPSA) is 51.2 Å². The Hall–Kier alpha value is -2.36. The van der Waals surface area contributed by atoms with Crippen LogP contribution in [0.25, 0.3) is 0 Å². The minimum atomic E-state index is -0.138. The van der Waals surface area contributed by atoms with Crippen LogP contribution in [0.5, 0.6) is 5.75 Å². The Kier molecular flexibility index (Phi) is 5.96. The third-order valence-electron chi connectivity index (χ3n) is 3.84. The Morgan fingerprint density at radius 2 is 1.83 bits per heavy atom. The van der Waals surface area contributed by atoms with Gasteiger partial charge in [-0.05, 0) is 69.0 Å². The van der Waals surface area contributed by atoms with Crippen molar-refractivity contribution in [3.05, 3.63) is 52.8 Å². The van der Waals surface area contributed by atoms with Crippen LogP contribution in [0.2, 0.25) is 0 Å². The average molecular weight is 326 g/mol. The van der Waals surface area contributed by atoms with E-state index in [-0.39, 0.29) is 5.91 Å². The van der Waals surface area contributed by atoms with Gasteiger partial charge in [0.1, 0.15) is 5.75 Å². The van der Waals surface area contributed by atoms with Crippen LogP contribution in [-0.2, 0) is 0 Å². The fourth-order valence-corrected chi connectivity index (χ4v) is 2.51. The Balaban J connectivity index is 2.03. The van der Waals surface area contributed by atoms with Gasteiger partial charge in [0, 0.05) is 11.3 Å². The van der Waals surface area contributed by atoms with Gasteiger partial charge >= 0.3 is 0 Å². The van der Waals surface area contributed by atoms with Crippen LogP contribution in [0.15, 0.2) is 30.3 Å². The van der Waals surface area contributed by atoms with E-state index in [2.05, 4.69) is 24.1 Å². The molecule has 0 atom stereocenters. The smallest absolute Gasteiger partial charge is 0.255 e. The van der Waals surface area contributed by atoms with E-state index in [1.54, 1.807) is 12.1 Å². The minimum Gasteiger partial charge on any atom is -0.494 e. The van der Waals surface area contributed by atoms with Crippen LogP contribution in [0.4, 0.5) is 5.69 Å². The Morgan fingerprint density at radius 3 is 2.42 bits per heavy atom. The molecule has 24 heavy (non-hydrogen) atoms. The maximum absolute atomic E-state index is 12.4. The van der Waals surface area contributed by atoms with Crippen molar-refractivity contribution >= 4 is 11.6 Å². The lowest BCUT2D eigenvalue weighted by atomic mass is 10.1. The molecule has 0 saturated carbocycles. The zero-order valence-corrected chi connectivity index (χ0v) is 15.1. The van der Waals surface area contributed by atoms with Gasteiger partial charge in [0.2, 0.25) is 0 Å². The van der Waals surface area contributed by atoms with Crippen LogP contribution in [0.1, 0.15) is 47.6 Å². The van der Waals surface area contributed by atoms with Crippen molar-refractivity contribution in [1.82, 2.24) is 4.98 Å². The first kappa shape index (κ1) is 18.0. The molecular formula is C20H26N2O2. The predicted molar refractivity (Wildman–Crippen MR) is 97.8 cm³/mol. The van der Waals surface area contributed by atoms with Crippen LogP contribution >= 0.6 is 0 Å². The van der Waals surface area contributed by atoms with E-state index >= 15 is 0 Å². The second kappa shape index (κ2) is 7.95. The number of pyridine rings is 1. The number of amides is 1. The number of hydrogen-bond acceptors (Lipinski definition) is 3. The van der Waals surface area contributed by atoms with Gasteiger partial charge in [0.15, 0.2) is 0 Å². The van der Waals surface area contributed by atoms with E-state index in [1.165, 1.54) is 0 Å². The highest BCUT2D eigenvalue weighted by Gasteiger charge is 2.11. The largest absolute Gasteiger partial charge is 0.494 e. The molecule has 0 fully saturated rings. The Labute approximate surface area is 144 Å². The number of carbonyl (C=O) groups is 1. The molecule has 0 aliphatic carbocycles.